The molecule has 0 radical (unpaired) electrons. The van der Waals surface area contributed by atoms with Crippen molar-refractivity contribution in [2.75, 3.05) is 18.8 Å². The highest BCUT2D eigenvalue weighted by atomic mass is 16.5. The van der Waals surface area contributed by atoms with E-state index in [0.29, 0.717) is 35.6 Å². The fourth-order valence-corrected chi connectivity index (χ4v) is 4.30. The third-order valence-corrected chi connectivity index (χ3v) is 6.02. The number of para-hydroxylation sites is 1. The zero-order chi connectivity index (χ0) is 23.5. The van der Waals surface area contributed by atoms with E-state index in [1.165, 1.54) is 6.33 Å². The predicted molar refractivity (Wildman–Crippen MR) is 127 cm³/mol. The minimum atomic E-state index is -0.128. The number of carbonyl (C=O) groups is 1. The van der Waals surface area contributed by atoms with Crippen molar-refractivity contribution in [2.24, 2.45) is 0 Å². The molecule has 0 unspecified atom stereocenters. The Morgan fingerprint density at radius 2 is 1.76 bits per heavy atom. The van der Waals surface area contributed by atoms with E-state index in [1.54, 1.807) is 4.90 Å². The van der Waals surface area contributed by atoms with Gasteiger partial charge in [-0.2, -0.15) is 10.4 Å². The van der Waals surface area contributed by atoms with E-state index in [0.717, 1.165) is 29.9 Å². The molecule has 34 heavy (non-hydrogen) atoms. The molecular weight excluding hydrogens is 430 g/mol. The van der Waals surface area contributed by atoms with Gasteiger partial charge in [-0.05, 0) is 49.2 Å². The normalized spacial score (nSPS) is 14.1. The highest BCUT2D eigenvalue weighted by molar-refractivity contribution is 5.98. The summed E-state index contributed by atoms with van der Waals surface area (Å²) in [6.07, 6.45) is 2.80. The fourth-order valence-electron chi connectivity index (χ4n) is 4.30. The number of nitrogens with zero attached hydrogens (tertiary/aromatic N) is 6. The van der Waals surface area contributed by atoms with E-state index in [4.69, 9.17) is 20.8 Å². The van der Waals surface area contributed by atoms with E-state index >= 15 is 0 Å². The average Bonchev–Trinajstić information content (AvgIpc) is 3.26. The SMILES string of the molecule is N#CCC(=O)N1CCC(n2nc(-c3ccc(Oc4ccccc4)cc3)c3c(N)ncnc32)CC1. The largest absolute Gasteiger partial charge is 0.457 e. The number of hydrogen-bond donors (Lipinski definition) is 1. The molecule has 0 saturated carbocycles. The number of aromatic nitrogens is 4. The molecule has 4 aromatic rings. The second kappa shape index (κ2) is 9.19. The molecule has 3 heterocycles. The summed E-state index contributed by atoms with van der Waals surface area (Å²) in [6, 6.07) is 19.3. The number of hydrogen-bond acceptors (Lipinski definition) is 7. The van der Waals surface area contributed by atoms with Gasteiger partial charge in [-0.25, -0.2) is 14.6 Å². The zero-order valence-electron chi connectivity index (χ0n) is 18.5. The number of anilines is 1. The van der Waals surface area contributed by atoms with Gasteiger partial charge in [0.1, 0.15) is 35.8 Å². The van der Waals surface area contributed by atoms with Crippen molar-refractivity contribution in [3.63, 3.8) is 0 Å². The van der Waals surface area contributed by atoms with Gasteiger partial charge >= 0.3 is 0 Å². The minimum absolute atomic E-state index is 0.0670. The summed E-state index contributed by atoms with van der Waals surface area (Å²) in [5, 5.41) is 14.4. The number of piperidine rings is 1. The van der Waals surface area contributed by atoms with Crippen LogP contribution in [0.25, 0.3) is 22.3 Å². The van der Waals surface area contributed by atoms with Gasteiger partial charge < -0.3 is 15.4 Å². The molecule has 5 rings (SSSR count). The molecule has 2 aromatic heterocycles. The number of nitrogens with two attached hydrogens (primary N) is 1. The Labute approximate surface area is 196 Å². The summed E-state index contributed by atoms with van der Waals surface area (Å²) in [4.78, 5) is 22.5. The molecule has 0 bridgehead atoms. The lowest BCUT2D eigenvalue weighted by atomic mass is 10.0. The second-order valence-electron chi connectivity index (χ2n) is 8.14. The molecule has 2 aromatic carbocycles. The second-order valence-corrected chi connectivity index (χ2v) is 8.14. The van der Waals surface area contributed by atoms with Crippen LogP contribution in [0.2, 0.25) is 0 Å². The van der Waals surface area contributed by atoms with E-state index in [-0.39, 0.29) is 18.4 Å². The maximum Gasteiger partial charge on any atom is 0.236 e. The van der Waals surface area contributed by atoms with Crippen LogP contribution < -0.4 is 10.5 Å². The van der Waals surface area contributed by atoms with Gasteiger partial charge in [-0.15, -0.1) is 0 Å². The Bertz CT molecular complexity index is 1350. The number of likely N-dealkylation sites (tertiary alicyclic amines) is 1. The Morgan fingerprint density at radius 1 is 1.06 bits per heavy atom. The van der Waals surface area contributed by atoms with Gasteiger partial charge in [0.05, 0.1) is 17.5 Å². The van der Waals surface area contributed by atoms with Crippen LogP contribution in [0.3, 0.4) is 0 Å². The number of fused-ring (bicyclic) bond motifs is 1. The van der Waals surface area contributed by atoms with Gasteiger partial charge in [-0.3, -0.25) is 4.79 Å². The Morgan fingerprint density at radius 3 is 2.47 bits per heavy atom. The van der Waals surface area contributed by atoms with Crippen molar-refractivity contribution in [3.05, 3.63) is 60.9 Å². The van der Waals surface area contributed by atoms with Crippen molar-refractivity contribution in [2.45, 2.75) is 25.3 Å². The third kappa shape index (κ3) is 4.13. The molecule has 1 amide bonds. The third-order valence-electron chi connectivity index (χ3n) is 6.02. The first kappa shape index (κ1) is 21.4. The summed E-state index contributed by atoms with van der Waals surface area (Å²) in [5.41, 5.74) is 8.52. The number of benzene rings is 2. The lowest BCUT2D eigenvalue weighted by Gasteiger charge is -2.31. The molecule has 2 N–H and O–H groups in total. The molecular formula is C25H23N7O2. The van der Waals surface area contributed by atoms with Crippen LogP contribution in [0.1, 0.15) is 25.3 Å². The molecule has 0 spiro atoms. The van der Waals surface area contributed by atoms with Gasteiger partial charge in [0.2, 0.25) is 5.91 Å². The van der Waals surface area contributed by atoms with Gasteiger partial charge in [0, 0.05) is 18.7 Å². The highest BCUT2D eigenvalue weighted by Crippen LogP contribution is 2.35. The number of amides is 1. The molecule has 1 saturated heterocycles. The zero-order valence-corrected chi connectivity index (χ0v) is 18.5. The molecule has 0 aliphatic carbocycles. The molecule has 1 aliphatic heterocycles. The molecule has 9 nitrogen and oxygen atoms in total. The van der Waals surface area contributed by atoms with Crippen molar-refractivity contribution < 1.29 is 9.53 Å². The standard InChI is InChI=1S/C25H23N7O2/c26-13-10-21(33)31-14-11-18(12-15-31)32-25-22(24(27)28-16-29-25)23(30-32)17-6-8-20(9-7-17)34-19-4-2-1-3-5-19/h1-9,16,18H,10-12,14-15H2,(H2,27,28,29). The lowest BCUT2D eigenvalue weighted by Crippen LogP contribution is -2.39. The molecule has 9 heteroatoms. The van der Waals surface area contributed by atoms with Gasteiger partial charge in [-0.1, -0.05) is 18.2 Å². The van der Waals surface area contributed by atoms with E-state index in [1.807, 2.05) is 65.3 Å². The van der Waals surface area contributed by atoms with Gasteiger partial charge in [0.15, 0.2) is 5.65 Å². The smallest absolute Gasteiger partial charge is 0.236 e. The number of ether oxygens (including phenoxy) is 1. The first-order chi connectivity index (χ1) is 16.6. The molecule has 1 aliphatic rings. The Balaban J connectivity index is 1.43. The lowest BCUT2D eigenvalue weighted by molar-refractivity contribution is -0.131. The fraction of sp³-hybridized carbons (Fsp3) is 0.240. The van der Waals surface area contributed by atoms with Crippen molar-refractivity contribution in [3.8, 4) is 28.8 Å². The van der Waals surface area contributed by atoms with Crippen LogP contribution in [0.4, 0.5) is 5.82 Å². The quantitative estimate of drug-likeness (QED) is 0.485. The maximum absolute atomic E-state index is 12.1. The maximum atomic E-state index is 12.1. The molecule has 0 atom stereocenters. The number of nitriles is 1. The Hall–Kier alpha value is -4.45. The summed E-state index contributed by atoms with van der Waals surface area (Å²) in [5.74, 6) is 1.73. The Kier molecular flexibility index (Phi) is 5.79. The number of nitrogen functional groups attached to an aromatic ring is 1. The molecule has 170 valence electrons. The highest BCUT2D eigenvalue weighted by Gasteiger charge is 2.27. The van der Waals surface area contributed by atoms with Crippen LogP contribution in [-0.4, -0.2) is 43.6 Å². The summed E-state index contributed by atoms with van der Waals surface area (Å²) in [6.45, 7) is 1.15. The van der Waals surface area contributed by atoms with Crippen LogP contribution in [0, 0.1) is 11.3 Å². The van der Waals surface area contributed by atoms with E-state index < -0.39 is 0 Å². The summed E-state index contributed by atoms with van der Waals surface area (Å²) in [7, 11) is 0. The van der Waals surface area contributed by atoms with Crippen LogP contribution >= 0.6 is 0 Å². The topological polar surface area (TPSA) is 123 Å². The first-order valence-electron chi connectivity index (χ1n) is 11.1. The minimum Gasteiger partial charge on any atom is -0.457 e. The van der Waals surface area contributed by atoms with Crippen LogP contribution in [0.5, 0.6) is 11.5 Å². The van der Waals surface area contributed by atoms with Gasteiger partial charge in [0.25, 0.3) is 0 Å². The van der Waals surface area contributed by atoms with E-state index in [2.05, 4.69) is 9.97 Å². The van der Waals surface area contributed by atoms with Crippen LogP contribution in [-0.2, 0) is 4.79 Å². The van der Waals surface area contributed by atoms with Crippen molar-refractivity contribution in [1.82, 2.24) is 24.6 Å². The van der Waals surface area contributed by atoms with Crippen molar-refractivity contribution >= 4 is 22.8 Å². The van der Waals surface area contributed by atoms with Crippen LogP contribution in [0.15, 0.2) is 60.9 Å². The summed E-state index contributed by atoms with van der Waals surface area (Å²) < 4.78 is 7.81. The molecule has 1 fully saturated rings. The van der Waals surface area contributed by atoms with E-state index in [9.17, 15) is 4.79 Å². The summed E-state index contributed by atoms with van der Waals surface area (Å²) >= 11 is 0. The number of rotatable bonds is 5. The monoisotopic (exact) mass is 453 g/mol. The number of carbonyl (C=O) groups excluding carboxylic acids is 1. The average molecular weight is 454 g/mol. The van der Waals surface area contributed by atoms with Crippen molar-refractivity contribution in [1.29, 1.82) is 5.26 Å². The first-order valence-corrected chi connectivity index (χ1v) is 11.1. The predicted octanol–water partition coefficient (Wildman–Crippen LogP) is 3.94.